The quantitative estimate of drug-likeness (QED) is 0.788. The van der Waals surface area contributed by atoms with Crippen LogP contribution in [-0.4, -0.2) is 47.1 Å². The maximum absolute atomic E-state index is 5.64. The SMILES string of the molecule is CSCCC(C)Nc1nc(N)nc(N(C)C)n1. The minimum absolute atomic E-state index is 0.239. The number of anilines is 3. The molecule has 1 aromatic rings. The van der Waals surface area contributed by atoms with Gasteiger partial charge in [-0.15, -0.1) is 0 Å². The van der Waals surface area contributed by atoms with Crippen LogP contribution in [0.2, 0.25) is 0 Å². The summed E-state index contributed by atoms with van der Waals surface area (Å²) in [7, 11) is 3.74. The topological polar surface area (TPSA) is 80.0 Å². The molecule has 0 saturated heterocycles. The molecule has 0 aromatic carbocycles. The van der Waals surface area contributed by atoms with Crippen molar-refractivity contribution in [3.8, 4) is 0 Å². The molecule has 1 rings (SSSR count). The summed E-state index contributed by atoms with van der Waals surface area (Å²) < 4.78 is 0. The number of hydrogen-bond donors (Lipinski definition) is 2. The molecule has 0 aliphatic carbocycles. The Labute approximate surface area is 106 Å². The van der Waals surface area contributed by atoms with Crippen LogP contribution in [0.15, 0.2) is 0 Å². The summed E-state index contributed by atoms with van der Waals surface area (Å²) in [6.45, 7) is 2.10. The third-order valence-electron chi connectivity index (χ3n) is 2.17. The van der Waals surface area contributed by atoms with Gasteiger partial charge in [-0.2, -0.15) is 26.7 Å². The van der Waals surface area contributed by atoms with E-state index in [1.165, 1.54) is 0 Å². The summed E-state index contributed by atoms with van der Waals surface area (Å²) in [5.41, 5.74) is 5.64. The molecule has 1 heterocycles. The monoisotopic (exact) mass is 256 g/mol. The minimum atomic E-state index is 0.239. The Balaban J connectivity index is 2.70. The van der Waals surface area contributed by atoms with Gasteiger partial charge in [0.25, 0.3) is 0 Å². The van der Waals surface area contributed by atoms with Crippen LogP contribution in [0, 0.1) is 0 Å². The van der Waals surface area contributed by atoms with Crippen LogP contribution in [-0.2, 0) is 0 Å². The van der Waals surface area contributed by atoms with E-state index in [0.717, 1.165) is 12.2 Å². The first kappa shape index (κ1) is 13.8. The third kappa shape index (κ3) is 4.64. The smallest absolute Gasteiger partial charge is 0.231 e. The molecular formula is C10H20N6S. The molecule has 3 N–H and O–H groups in total. The average Bonchev–Trinajstić information content (AvgIpc) is 2.25. The van der Waals surface area contributed by atoms with Crippen LogP contribution in [0.3, 0.4) is 0 Å². The van der Waals surface area contributed by atoms with Gasteiger partial charge in [-0.05, 0) is 25.4 Å². The molecule has 0 saturated carbocycles. The summed E-state index contributed by atoms with van der Waals surface area (Å²) in [6, 6.07) is 0.319. The van der Waals surface area contributed by atoms with Crippen LogP contribution in [0.1, 0.15) is 13.3 Å². The summed E-state index contributed by atoms with van der Waals surface area (Å²) in [4.78, 5) is 14.2. The maximum Gasteiger partial charge on any atom is 0.231 e. The van der Waals surface area contributed by atoms with Crippen LogP contribution in [0.4, 0.5) is 17.8 Å². The van der Waals surface area contributed by atoms with E-state index in [1.807, 2.05) is 25.9 Å². The van der Waals surface area contributed by atoms with Gasteiger partial charge in [-0.1, -0.05) is 0 Å². The van der Waals surface area contributed by atoms with E-state index >= 15 is 0 Å². The number of rotatable bonds is 6. The maximum atomic E-state index is 5.64. The lowest BCUT2D eigenvalue weighted by atomic mass is 10.3. The Bertz CT molecular complexity index is 357. The second-order valence-electron chi connectivity index (χ2n) is 4.04. The van der Waals surface area contributed by atoms with Crippen LogP contribution >= 0.6 is 11.8 Å². The summed E-state index contributed by atoms with van der Waals surface area (Å²) >= 11 is 1.83. The molecule has 1 aromatic heterocycles. The van der Waals surface area contributed by atoms with E-state index in [4.69, 9.17) is 5.73 Å². The van der Waals surface area contributed by atoms with Gasteiger partial charge in [0.15, 0.2) is 0 Å². The highest BCUT2D eigenvalue weighted by Gasteiger charge is 2.08. The molecule has 96 valence electrons. The Morgan fingerprint density at radius 3 is 2.65 bits per heavy atom. The largest absolute Gasteiger partial charge is 0.368 e. The number of thioether (sulfide) groups is 1. The first-order valence-corrected chi connectivity index (χ1v) is 6.86. The zero-order chi connectivity index (χ0) is 12.8. The fraction of sp³-hybridized carbons (Fsp3) is 0.700. The minimum Gasteiger partial charge on any atom is -0.368 e. The highest BCUT2D eigenvalue weighted by atomic mass is 32.2. The van der Waals surface area contributed by atoms with Gasteiger partial charge in [0.1, 0.15) is 0 Å². The Morgan fingerprint density at radius 1 is 1.35 bits per heavy atom. The summed E-state index contributed by atoms with van der Waals surface area (Å²) in [5.74, 6) is 2.45. The van der Waals surface area contributed by atoms with Gasteiger partial charge in [0.05, 0.1) is 0 Å². The average molecular weight is 256 g/mol. The molecule has 0 fully saturated rings. The van der Waals surface area contributed by atoms with Gasteiger partial charge < -0.3 is 16.0 Å². The molecule has 0 radical (unpaired) electrons. The predicted octanol–water partition coefficient (Wildman–Crippen LogP) is 1.07. The van der Waals surface area contributed by atoms with Crippen molar-refractivity contribution in [2.75, 3.05) is 42.1 Å². The van der Waals surface area contributed by atoms with Crippen molar-refractivity contribution in [1.82, 2.24) is 15.0 Å². The van der Waals surface area contributed by atoms with Crippen molar-refractivity contribution >= 4 is 29.6 Å². The predicted molar refractivity (Wildman–Crippen MR) is 74.7 cm³/mol. The van der Waals surface area contributed by atoms with Crippen LogP contribution in [0.25, 0.3) is 0 Å². The van der Waals surface area contributed by atoms with Crippen molar-refractivity contribution in [3.63, 3.8) is 0 Å². The van der Waals surface area contributed by atoms with E-state index in [9.17, 15) is 0 Å². The Kier molecular flexibility index (Phi) is 5.27. The molecular weight excluding hydrogens is 236 g/mol. The van der Waals surface area contributed by atoms with E-state index < -0.39 is 0 Å². The van der Waals surface area contributed by atoms with Gasteiger partial charge in [-0.3, -0.25) is 0 Å². The highest BCUT2D eigenvalue weighted by Crippen LogP contribution is 2.11. The van der Waals surface area contributed by atoms with Crippen molar-refractivity contribution in [2.24, 2.45) is 0 Å². The molecule has 7 heteroatoms. The standard InChI is InChI=1S/C10H20N6S/c1-7(5-6-17-4)12-9-13-8(11)14-10(15-9)16(2)3/h7H,5-6H2,1-4H3,(H3,11,12,13,14,15). The molecule has 17 heavy (non-hydrogen) atoms. The molecule has 6 nitrogen and oxygen atoms in total. The van der Waals surface area contributed by atoms with Crippen molar-refractivity contribution < 1.29 is 0 Å². The molecule has 1 unspecified atom stereocenters. The lowest BCUT2D eigenvalue weighted by molar-refractivity contribution is 0.757. The van der Waals surface area contributed by atoms with Crippen LogP contribution < -0.4 is 16.0 Å². The fourth-order valence-electron chi connectivity index (χ4n) is 1.23. The van der Waals surface area contributed by atoms with E-state index in [1.54, 1.807) is 4.90 Å². The number of nitrogens with one attached hydrogen (secondary N) is 1. The molecule has 0 spiro atoms. The molecule has 0 bridgehead atoms. The zero-order valence-corrected chi connectivity index (χ0v) is 11.6. The zero-order valence-electron chi connectivity index (χ0n) is 10.8. The number of nitrogens with two attached hydrogens (primary N) is 1. The molecule has 1 atom stereocenters. The fourth-order valence-corrected chi connectivity index (χ4v) is 1.82. The summed E-state index contributed by atoms with van der Waals surface area (Å²) in [5, 5.41) is 3.23. The number of hydrogen-bond acceptors (Lipinski definition) is 7. The van der Waals surface area contributed by atoms with E-state index in [2.05, 4.69) is 33.4 Å². The molecule has 0 aliphatic heterocycles. The second kappa shape index (κ2) is 6.48. The lowest BCUT2D eigenvalue weighted by Gasteiger charge is -2.15. The van der Waals surface area contributed by atoms with Crippen LogP contribution in [0.5, 0.6) is 0 Å². The van der Waals surface area contributed by atoms with E-state index in [0.29, 0.717) is 17.9 Å². The summed E-state index contributed by atoms with van der Waals surface area (Å²) in [6.07, 6.45) is 3.15. The normalized spacial score (nSPS) is 12.2. The van der Waals surface area contributed by atoms with Gasteiger partial charge in [0.2, 0.25) is 17.8 Å². The van der Waals surface area contributed by atoms with Crippen molar-refractivity contribution in [3.05, 3.63) is 0 Å². The number of nitrogens with zero attached hydrogens (tertiary/aromatic N) is 4. The van der Waals surface area contributed by atoms with E-state index in [-0.39, 0.29) is 5.95 Å². The number of nitrogen functional groups attached to an aromatic ring is 1. The molecule has 0 aliphatic rings. The first-order valence-electron chi connectivity index (χ1n) is 5.47. The van der Waals surface area contributed by atoms with Gasteiger partial charge in [-0.25, -0.2) is 0 Å². The van der Waals surface area contributed by atoms with Gasteiger partial charge >= 0.3 is 0 Å². The third-order valence-corrected chi connectivity index (χ3v) is 2.82. The molecule has 0 amide bonds. The second-order valence-corrected chi connectivity index (χ2v) is 5.02. The highest BCUT2D eigenvalue weighted by molar-refractivity contribution is 7.98. The van der Waals surface area contributed by atoms with Crippen molar-refractivity contribution in [1.29, 1.82) is 0 Å². The number of aromatic nitrogens is 3. The first-order chi connectivity index (χ1) is 8.02. The van der Waals surface area contributed by atoms with Gasteiger partial charge in [0, 0.05) is 20.1 Å². The van der Waals surface area contributed by atoms with Crippen molar-refractivity contribution in [2.45, 2.75) is 19.4 Å². The Hall–Kier alpha value is -1.24. The Morgan fingerprint density at radius 2 is 2.06 bits per heavy atom. The lowest BCUT2D eigenvalue weighted by Crippen LogP contribution is -2.21.